The molecular weight excluding hydrogens is 252 g/mol. The topological polar surface area (TPSA) is 17.1 Å². The van der Waals surface area contributed by atoms with Gasteiger partial charge in [-0.05, 0) is 40.7 Å². The summed E-state index contributed by atoms with van der Waals surface area (Å²) in [6.07, 6.45) is 4.08. The van der Waals surface area contributed by atoms with Crippen molar-refractivity contribution in [1.29, 1.82) is 0 Å². The standard InChI is InChI=1S/C17H20OS/c1-17(2)9-5-7-14(17)15(18)10-12-11-19-16-8-4-3-6-13(12)16/h3-4,6,8,11,14H,5,7,9-10H2,1-2H3. The van der Waals surface area contributed by atoms with Crippen LogP contribution in [0.4, 0.5) is 0 Å². The van der Waals surface area contributed by atoms with E-state index in [0.717, 1.165) is 6.42 Å². The van der Waals surface area contributed by atoms with Gasteiger partial charge in [-0.3, -0.25) is 4.79 Å². The number of carbonyl (C=O) groups is 1. The average molecular weight is 272 g/mol. The lowest BCUT2D eigenvalue weighted by molar-refractivity contribution is -0.124. The van der Waals surface area contributed by atoms with Crippen LogP contribution >= 0.6 is 11.3 Å². The van der Waals surface area contributed by atoms with E-state index in [1.54, 1.807) is 11.3 Å². The summed E-state index contributed by atoms with van der Waals surface area (Å²) in [4.78, 5) is 12.6. The molecule has 3 rings (SSSR count). The highest BCUT2D eigenvalue weighted by Gasteiger charge is 2.38. The minimum Gasteiger partial charge on any atom is -0.299 e. The fraction of sp³-hybridized carbons (Fsp3) is 0.471. The lowest BCUT2D eigenvalue weighted by Gasteiger charge is -2.25. The van der Waals surface area contributed by atoms with Gasteiger partial charge in [0.1, 0.15) is 5.78 Å². The molecule has 0 amide bonds. The summed E-state index contributed by atoms with van der Waals surface area (Å²) in [5, 5.41) is 3.42. The van der Waals surface area contributed by atoms with Crippen LogP contribution in [-0.4, -0.2) is 5.78 Å². The van der Waals surface area contributed by atoms with Crippen LogP contribution in [-0.2, 0) is 11.2 Å². The molecule has 0 bridgehead atoms. The van der Waals surface area contributed by atoms with Crippen LogP contribution < -0.4 is 0 Å². The molecule has 1 nitrogen and oxygen atoms in total. The van der Waals surface area contributed by atoms with Gasteiger partial charge in [-0.2, -0.15) is 0 Å². The number of benzene rings is 1. The van der Waals surface area contributed by atoms with Gasteiger partial charge in [-0.1, -0.05) is 38.5 Å². The Bertz CT molecular complexity index is 609. The minimum atomic E-state index is 0.197. The van der Waals surface area contributed by atoms with Crippen molar-refractivity contribution in [2.45, 2.75) is 39.5 Å². The predicted octanol–water partition coefficient (Wildman–Crippen LogP) is 4.84. The van der Waals surface area contributed by atoms with Gasteiger partial charge in [0.25, 0.3) is 0 Å². The summed E-state index contributed by atoms with van der Waals surface area (Å²) in [6, 6.07) is 8.38. The number of thiophene rings is 1. The van der Waals surface area contributed by atoms with Crippen LogP contribution in [0.15, 0.2) is 29.6 Å². The Morgan fingerprint density at radius 2 is 2.16 bits per heavy atom. The minimum absolute atomic E-state index is 0.197. The molecule has 0 spiro atoms. The molecule has 1 fully saturated rings. The second-order valence-electron chi connectivity index (χ2n) is 6.33. The van der Waals surface area contributed by atoms with Gasteiger partial charge in [0.2, 0.25) is 0 Å². The van der Waals surface area contributed by atoms with Gasteiger partial charge >= 0.3 is 0 Å². The number of carbonyl (C=O) groups excluding carboxylic acids is 1. The molecule has 0 aliphatic heterocycles. The highest BCUT2D eigenvalue weighted by molar-refractivity contribution is 7.17. The van der Waals surface area contributed by atoms with Gasteiger partial charge in [0.05, 0.1) is 0 Å². The van der Waals surface area contributed by atoms with E-state index >= 15 is 0 Å². The van der Waals surface area contributed by atoms with E-state index in [0.29, 0.717) is 12.2 Å². The lowest BCUT2D eigenvalue weighted by atomic mass is 9.78. The van der Waals surface area contributed by atoms with Crippen molar-refractivity contribution >= 4 is 27.2 Å². The molecule has 0 radical (unpaired) electrons. The molecule has 0 saturated heterocycles. The van der Waals surface area contributed by atoms with E-state index in [4.69, 9.17) is 0 Å². The Labute approximate surface area is 118 Å². The number of fused-ring (bicyclic) bond motifs is 1. The SMILES string of the molecule is CC1(C)CCCC1C(=O)Cc1csc2ccccc12. The molecule has 1 aliphatic rings. The van der Waals surface area contributed by atoms with E-state index in [1.165, 1.54) is 28.5 Å². The number of rotatable bonds is 3. The molecule has 1 aromatic carbocycles. The molecule has 2 heteroatoms. The van der Waals surface area contributed by atoms with E-state index in [9.17, 15) is 4.79 Å². The van der Waals surface area contributed by atoms with Gasteiger partial charge in [0.15, 0.2) is 0 Å². The highest BCUT2D eigenvalue weighted by atomic mass is 32.1. The van der Waals surface area contributed by atoms with Crippen LogP contribution in [0.2, 0.25) is 0 Å². The normalized spacial score (nSPS) is 21.9. The van der Waals surface area contributed by atoms with E-state index in [2.05, 4.69) is 43.5 Å². The lowest BCUT2D eigenvalue weighted by Crippen LogP contribution is -2.26. The number of ketones is 1. The number of hydrogen-bond acceptors (Lipinski definition) is 2. The van der Waals surface area contributed by atoms with Crippen molar-refractivity contribution in [1.82, 2.24) is 0 Å². The quantitative estimate of drug-likeness (QED) is 0.781. The molecule has 1 saturated carbocycles. The summed E-state index contributed by atoms with van der Waals surface area (Å²) in [6.45, 7) is 4.49. The monoisotopic (exact) mass is 272 g/mol. The molecule has 1 aromatic heterocycles. The van der Waals surface area contributed by atoms with E-state index < -0.39 is 0 Å². The maximum atomic E-state index is 12.6. The summed E-state index contributed by atoms with van der Waals surface area (Å²) in [7, 11) is 0. The Balaban J connectivity index is 1.83. The van der Waals surface area contributed by atoms with Crippen molar-refractivity contribution in [3.8, 4) is 0 Å². The molecule has 0 N–H and O–H groups in total. The largest absolute Gasteiger partial charge is 0.299 e. The first-order valence-corrected chi connectivity index (χ1v) is 7.94. The molecule has 2 aromatic rings. The van der Waals surface area contributed by atoms with Gasteiger partial charge in [-0.15, -0.1) is 11.3 Å². The van der Waals surface area contributed by atoms with Crippen LogP contribution in [0.5, 0.6) is 0 Å². The first-order chi connectivity index (χ1) is 9.08. The molecule has 1 aliphatic carbocycles. The third-order valence-corrected chi connectivity index (χ3v) is 5.58. The van der Waals surface area contributed by atoms with Crippen molar-refractivity contribution in [3.05, 3.63) is 35.2 Å². The van der Waals surface area contributed by atoms with E-state index in [-0.39, 0.29) is 11.3 Å². The molecule has 100 valence electrons. The summed E-state index contributed by atoms with van der Waals surface area (Å²) < 4.78 is 1.29. The first kappa shape index (κ1) is 12.9. The Morgan fingerprint density at radius 1 is 1.37 bits per heavy atom. The zero-order chi connectivity index (χ0) is 13.5. The maximum Gasteiger partial charge on any atom is 0.140 e. The highest BCUT2D eigenvalue weighted by Crippen LogP contribution is 2.43. The Morgan fingerprint density at radius 3 is 2.89 bits per heavy atom. The van der Waals surface area contributed by atoms with Gasteiger partial charge < -0.3 is 0 Å². The summed E-state index contributed by atoms with van der Waals surface area (Å²) in [5.41, 5.74) is 1.41. The van der Waals surface area contributed by atoms with Crippen LogP contribution in [0.3, 0.4) is 0 Å². The zero-order valence-electron chi connectivity index (χ0n) is 11.6. The predicted molar refractivity (Wildman–Crippen MR) is 81.7 cm³/mol. The van der Waals surface area contributed by atoms with E-state index in [1.807, 2.05) is 0 Å². The fourth-order valence-corrected chi connectivity index (χ4v) is 4.37. The van der Waals surface area contributed by atoms with Gasteiger partial charge in [-0.25, -0.2) is 0 Å². The third kappa shape index (κ3) is 2.34. The second-order valence-corrected chi connectivity index (χ2v) is 7.24. The van der Waals surface area contributed by atoms with Crippen molar-refractivity contribution in [3.63, 3.8) is 0 Å². The summed E-state index contributed by atoms with van der Waals surface area (Å²) >= 11 is 1.75. The average Bonchev–Trinajstić information content (AvgIpc) is 2.93. The van der Waals surface area contributed by atoms with Crippen LogP contribution in [0.25, 0.3) is 10.1 Å². The molecule has 1 atom stereocenters. The summed E-state index contributed by atoms with van der Waals surface area (Å²) in [5.74, 6) is 0.692. The van der Waals surface area contributed by atoms with Crippen molar-refractivity contribution < 1.29 is 4.79 Å². The molecule has 1 unspecified atom stereocenters. The molecule has 1 heterocycles. The Hall–Kier alpha value is -1.15. The van der Waals surface area contributed by atoms with Gasteiger partial charge in [0, 0.05) is 17.0 Å². The number of Topliss-reactive ketones (excluding diaryl/α,β-unsaturated/α-hetero) is 1. The van der Waals surface area contributed by atoms with Crippen molar-refractivity contribution in [2.75, 3.05) is 0 Å². The van der Waals surface area contributed by atoms with Crippen LogP contribution in [0.1, 0.15) is 38.7 Å². The second kappa shape index (κ2) is 4.75. The van der Waals surface area contributed by atoms with Crippen molar-refractivity contribution in [2.24, 2.45) is 11.3 Å². The zero-order valence-corrected chi connectivity index (χ0v) is 12.4. The Kier molecular flexibility index (Phi) is 3.22. The fourth-order valence-electron chi connectivity index (χ4n) is 3.40. The smallest absolute Gasteiger partial charge is 0.140 e. The molecule has 19 heavy (non-hydrogen) atoms. The third-order valence-electron chi connectivity index (χ3n) is 4.57. The number of hydrogen-bond donors (Lipinski definition) is 0. The van der Waals surface area contributed by atoms with Crippen LogP contribution in [0, 0.1) is 11.3 Å². The molecular formula is C17H20OS. The maximum absolute atomic E-state index is 12.6. The first-order valence-electron chi connectivity index (χ1n) is 7.06.